The fourth-order valence-corrected chi connectivity index (χ4v) is 1.34. The molecule has 0 amide bonds. The summed E-state index contributed by atoms with van der Waals surface area (Å²) < 4.78 is 7.06. The lowest BCUT2D eigenvalue weighted by atomic mass is 10.1. The summed E-state index contributed by atoms with van der Waals surface area (Å²) in [6.45, 7) is 0. The summed E-state index contributed by atoms with van der Waals surface area (Å²) in [5, 5.41) is 21.7. The molecular weight excluding hydrogens is 216 g/mol. The van der Waals surface area contributed by atoms with Crippen LogP contribution in [0.4, 0.5) is 0 Å². The molecule has 17 heavy (non-hydrogen) atoms. The minimum absolute atomic E-state index is 0.315. The number of nitriles is 2. The van der Waals surface area contributed by atoms with Gasteiger partial charge in [0.2, 0.25) is 5.88 Å². The van der Waals surface area contributed by atoms with E-state index in [0.717, 1.165) is 0 Å². The zero-order chi connectivity index (χ0) is 12.3. The highest BCUT2D eigenvalue weighted by Gasteiger charge is 2.07. The van der Waals surface area contributed by atoms with Crippen LogP contribution in [0.3, 0.4) is 0 Å². The minimum Gasteiger partial charge on any atom is -0.436 e. The molecular formula is C12H8N4O. The molecule has 5 heteroatoms. The number of hydrogen-bond acceptors (Lipinski definition) is 4. The van der Waals surface area contributed by atoms with E-state index in [2.05, 4.69) is 5.10 Å². The average Bonchev–Trinajstić information content (AvgIpc) is 2.75. The molecule has 0 aliphatic heterocycles. The van der Waals surface area contributed by atoms with E-state index in [-0.39, 0.29) is 0 Å². The lowest BCUT2D eigenvalue weighted by molar-refractivity contribution is 0.452. The second kappa shape index (κ2) is 4.38. The summed E-state index contributed by atoms with van der Waals surface area (Å²) in [5.41, 5.74) is 0.740. The molecule has 1 aromatic carbocycles. The number of ether oxygens (including phenoxy) is 1. The molecule has 2 aromatic rings. The van der Waals surface area contributed by atoms with Gasteiger partial charge in [-0.2, -0.15) is 10.5 Å². The van der Waals surface area contributed by atoms with Crippen molar-refractivity contribution in [1.29, 1.82) is 10.5 Å². The number of rotatable bonds is 2. The third kappa shape index (κ3) is 2.24. The zero-order valence-corrected chi connectivity index (χ0v) is 9.08. The molecule has 1 heterocycles. The Morgan fingerprint density at radius 2 is 2.06 bits per heavy atom. The van der Waals surface area contributed by atoms with Crippen molar-refractivity contribution in [2.75, 3.05) is 0 Å². The molecule has 82 valence electrons. The summed E-state index contributed by atoms with van der Waals surface area (Å²) in [5.74, 6) is 0.805. The van der Waals surface area contributed by atoms with Crippen LogP contribution in [-0.2, 0) is 7.05 Å². The predicted octanol–water partition coefficient (Wildman–Crippen LogP) is 1.96. The van der Waals surface area contributed by atoms with E-state index < -0.39 is 0 Å². The Bertz CT molecular complexity index is 631. The van der Waals surface area contributed by atoms with Gasteiger partial charge < -0.3 is 4.74 Å². The predicted molar refractivity (Wildman–Crippen MR) is 59.2 cm³/mol. The Labute approximate surface area is 98.1 Å². The Morgan fingerprint density at radius 1 is 1.24 bits per heavy atom. The number of hydrogen-bond donors (Lipinski definition) is 0. The number of aromatic nitrogens is 2. The van der Waals surface area contributed by atoms with Crippen molar-refractivity contribution in [2.24, 2.45) is 7.05 Å². The van der Waals surface area contributed by atoms with Gasteiger partial charge in [0.25, 0.3) is 0 Å². The van der Waals surface area contributed by atoms with Crippen LogP contribution in [0, 0.1) is 22.7 Å². The third-order valence-electron chi connectivity index (χ3n) is 2.13. The highest BCUT2D eigenvalue weighted by Crippen LogP contribution is 2.24. The Kier molecular flexibility index (Phi) is 2.76. The van der Waals surface area contributed by atoms with Crippen LogP contribution < -0.4 is 4.74 Å². The zero-order valence-electron chi connectivity index (χ0n) is 9.08. The Balaban J connectivity index is 2.34. The van der Waals surface area contributed by atoms with Crippen LogP contribution in [0.1, 0.15) is 11.1 Å². The van der Waals surface area contributed by atoms with Crippen molar-refractivity contribution < 1.29 is 4.74 Å². The van der Waals surface area contributed by atoms with Crippen LogP contribution in [0.15, 0.2) is 30.5 Å². The average molecular weight is 224 g/mol. The van der Waals surface area contributed by atoms with Crippen LogP contribution in [0.25, 0.3) is 0 Å². The maximum absolute atomic E-state index is 8.96. The fraction of sp³-hybridized carbons (Fsp3) is 0.0833. The van der Waals surface area contributed by atoms with Gasteiger partial charge >= 0.3 is 0 Å². The van der Waals surface area contributed by atoms with Crippen molar-refractivity contribution in [3.8, 4) is 23.8 Å². The van der Waals surface area contributed by atoms with E-state index in [0.29, 0.717) is 22.8 Å². The maximum Gasteiger partial charge on any atom is 0.238 e. The monoisotopic (exact) mass is 224 g/mol. The molecule has 0 fully saturated rings. The van der Waals surface area contributed by atoms with Crippen molar-refractivity contribution in [1.82, 2.24) is 9.78 Å². The largest absolute Gasteiger partial charge is 0.436 e. The first-order chi connectivity index (χ1) is 8.22. The highest BCUT2D eigenvalue weighted by molar-refractivity contribution is 5.49. The topological polar surface area (TPSA) is 74.6 Å². The van der Waals surface area contributed by atoms with Gasteiger partial charge in [-0.15, -0.1) is 5.10 Å². The first kappa shape index (κ1) is 10.7. The SMILES string of the molecule is Cn1ccc(Oc2ccc(C#N)cc2C#N)n1. The van der Waals surface area contributed by atoms with Crippen molar-refractivity contribution in [3.05, 3.63) is 41.6 Å². The van der Waals surface area contributed by atoms with Gasteiger partial charge in [-0.05, 0) is 18.2 Å². The molecule has 0 N–H and O–H groups in total. The Hall–Kier alpha value is -2.79. The molecule has 0 saturated heterocycles. The van der Waals surface area contributed by atoms with E-state index >= 15 is 0 Å². The van der Waals surface area contributed by atoms with Crippen molar-refractivity contribution in [2.45, 2.75) is 0 Å². The van der Waals surface area contributed by atoms with Crippen molar-refractivity contribution >= 4 is 0 Å². The summed E-state index contributed by atoms with van der Waals surface area (Å²) in [6.07, 6.45) is 1.74. The molecule has 0 saturated carbocycles. The first-order valence-electron chi connectivity index (χ1n) is 4.84. The molecule has 0 atom stereocenters. The second-order valence-electron chi connectivity index (χ2n) is 3.36. The Morgan fingerprint density at radius 3 is 2.65 bits per heavy atom. The van der Waals surface area contributed by atoms with E-state index in [4.69, 9.17) is 15.3 Å². The summed E-state index contributed by atoms with van der Waals surface area (Å²) in [4.78, 5) is 0. The second-order valence-corrected chi connectivity index (χ2v) is 3.36. The van der Waals surface area contributed by atoms with Gasteiger partial charge in [-0.3, -0.25) is 4.68 Å². The number of aryl methyl sites for hydroxylation is 1. The van der Waals surface area contributed by atoms with Gasteiger partial charge in [-0.1, -0.05) is 0 Å². The minimum atomic E-state index is 0.315. The van der Waals surface area contributed by atoms with E-state index in [9.17, 15) is 0 Å². The lowest BCUT2D eigenvalue weighted by Gasteiger charge is -2.03. The maximum atomic E-state index is 8.96. The van der Waals surface area contributed by atoms with E-state index in [1.165, 1.54) is 6.07 Å². The summed E-state index contributed by atoms with van der Waals surface area (Å²) in [6, 6.07) is 10.3. The molecule has 1 aromatic heterocycles. The van der Waals surface area contributed by atoms with Crippen LogP contribution in [-0.4, -0.2) is 9.78 Å². The molecule has 0 aliphatic rings. The van der Waals surface area contributed by atoms with Gasteiger partial charge in [0.05, 0.1) is 17.2 Å². The van der Waals surface area contributed by atoms with E-state index in [1.807, 2.05) is 12.1 Å². The van der Waals surface area contributed by atoms with Gasteiger partial charge in [0.1, 0.15) is 11.8 Å². The normalized spacial score (nSPS) is 9.35. The number of benzene rings is 1. The van der Waals surface area contributed by atoms with Crippen molar-refractivity contribution in [3.63, 3.8) is 0 Å². The lowest BCUT2D eigenvalue weighted by Crippen LogP contribution is -1.92. The highest BCUT2D eigenvalue weighted by atomic mass is 16.5. The smallest absolute Gasteiger partial charge is 0.238 e. The molecule has 0 radical (unpaired) electrons. The number of nitrogens with zero attached hydrogens (tertiary/aromatic N) is 4. The first-order valence-corrected chi connectivity index (χ1v) is 4.84. The molecule has 0 unspecified atom stereocenters. The molecule has 2 rings (SSSR count). The quantitative estimate of drug-likeness (QED) is 0.781. The molecule has 0 bridgehead atoms. The third-order valence-corrected chi connectivity index (χ3v) is 2.13. The van der Waals surface area contributed by atoms with Crippen LogP contribution in [0.5, 0.6) is 11.6 Å². The van der Waals surface area contributed by atoms with Gasteiger partial charge in [0, 0.05) is 19.3 Å². The molecule has 0 spiro atoms. The van der Waals surface area contributed by atoms with E-state index in [1.54, 1.807) is 36.1 Å². The van der Waals surface area contributed by atoms with Crippen LogP contribution in [0.2, 0.25) is 0 Å². The van der Waals surface area contributed by atoms with Gasteiger partial charge in [0.15, 0.2) is 0 Å². The summed E-state index contributed by atoms with van der Waals surface area (Å²) in [7, 11) is 1.77. The standard InChI is InChI=1S/C12H8N4O/c1-16-5-4-12(15-16)17-11-3-2-9(7-13)6-10(11)8-14/h2-6H,1H3. The van der Waals surface area contributed by atoms with Gasteiger partial charge in [-0.25, -0.2) is 0 Å². The van der Waals surface area contributed by atoms with Crippen LogP contribution >= 0.6 is 0 Å². The fourth-order valence-electron chi connectivity index (χ4n) is 1.34. The summed E-state index contributed by atoms with van der Waals surface area (Å²) >= 11 is 0. The molecule has 0 aliphatic carbocycles. The molecule has 5 nitrogen and oxygen atoms in total.